The van der Waals surface area contributed by atoms with Gasteiger partial charge < -0.3 is 24.6 Å². The molecule has 1 rings (SSSR count). The number of nitrogens with one attached hydrogen (secondary N) is 1. The lowest BCUT2D eigenvalue weighted by atomic mass is 10.2. The number of ketones is 2. The molecule has 0 spiro atoms. The van der Waals surface area contributed by atoms with E-state index in [1.807, 2.05) is 19.4 Å². The fourth-order valence-electron chi connectivity index (χ4n) is 1.35. The number of carboxylic acids is 2. The van der Waals surface area contributed by atoms with Crippen molar-refractivity contribution >= 4 is 23.5 Å². The highest BCUT2D eigenvalue weighted by Gasteiger charge is 1.99. The average Bonchev–Trinajstić information content (AvgIpc) is 2.89. The Morgan fingerprint density at radius 3 is 1.75 bits per heavy atom. The van der Waals surface area contributed by atoms with Crippen LogP contribution in [0.25, 0.3) is 0 Å². The van der Waals surface area contributed by atoms with Crippen LogP contribution in [0, 0.1) is 0 Å². The maximum absolute atomic E-state index is 10.1. The number of nitrogens with zero attached hydrogens (tertiary/aromatic N) is 1. The minimum absolute atomic E-state index is 0.0463. The Morgan fingerprint density at radius 2 is 1.58 bits per heavy atom. The van der Waals surface area contributed by atoms with Crippen LogP contribution in [-0.2, 0) is 32.6 Å². The van der Waals surface area contributed by atoms with E-state index in [4.69, 9.17) is 5.11 Å². The maximum atomic E-state index is 10.1. The molecule has 8 nitrogen and oxygen atoms in total. The van der Waals surface area contributed by atoms with E-state index in [-0.39, 0.29) is 37.2 Å². The van der Waals surface area contributed by atoms with Crippen molar-refractivity contribution in [2.75, 3.05) is 0 Å². The van der Waals surface area contributed by atoms with E-state index in [9.17, 15) is 24.3 Å². The molecule has 0 atom stereocenters. The molecule has 2 N–H and O–H groups in total. The summed E-state index contributed by atoms with van der Waals surface area (Å²) in [4.78, 5) is 42.7. The summed E-state index contributed by atoms with van der Waals surface area (Å²) in [6, 6.07) is 0. The van der Waals surface area contributed by atoms with Gasteiger partial charge >= 0.3 is 5.97 Å². The molecule has 0 fully saturated rings. The Kier molecular flexibility index (Phi) is 14.0. The van der Waals surface area contributed by atoms with E-state index >= 15 is 0 Å². The molecule has 0 aliphatic carbocycles. The van der Waals surface area contributed by atoms with Crippen molar-refractivity contribution in [1.82, 2.24) is 4.98 Å². The molecular weight excluding hydrogens is 316 g/mol. The number of hydrogen-bond acceptors (Lipinski definition) is 5. The van der Waals surface area contributed by atoms with Crippen molar-refractivity contribution in [3.8, 4) is 0 Å². The molecule has 1 heterocycles. The Bertz CT molecular complexity index is 480. The van der Waals surface area contributed by atoms with Crippen LogP contribution >= 0.6 is 0 Å². The van der Waals surface area contributed by atoms with Gasteiger partial charge in [0.05, 0.1) is 13.5 Å². The highest BCUT2D eigenvalue weighted by atomic mass is 16.4. The van der Waals surface area contributed by atoms with Crippen molar-refractivity contribution < 1.29 is 34.0 Å². The fourth-order valence-corrected chi connectivity index (χ4v) is 1.35. The van der Waals surface area contributed by atoms with Gasteiger partial charge in [0.15, 0.2) is 0 Å². The standard InChI is InChI=1S/C6H10N2.2C5H8O3/c1-3-6-7-4-5-8(6)2;2*1-4(6)2-3-5(7)8/h4-5H,3H2,1-2H3;2*2-3H2,1H3,(H,7,8). The zero-order chi connectivity index (χ0) is 19.1. The molecule has 0 saturated carbocycles. The summed E-state index contributed by atoms with van der Waals surface area (Å²) >= 11 is 0. The van der Waals surface area contributed by atoms with Crippen molar-refractivity contribution in [1.29, 1.82) is 0 Å². The van der Waals surface area contributed by atoms with Gasteiger partial charge in [-0.1, -0.05) is 6.92 Å². The molecule has 0 radical (unpaired) electrons. The second-order valence-electron chi connectivity index (χ2n) is 5.04. The van der Waals surface area contributed by atoms with E-state index in [1.165, 1.54) is 19.7 Å². The molecule has 0 amide bonds. The quantitative estimate of drug-likeness (QED) is 0.668. The van der Waals surface area contributed by atoms with Crippen molar-refractivity contribution in [3.05, 3.63) is 18.2 Å². The predicted octanol–water partition coefficient (Wildman–Crippen LogP) is -0.0527. The van der Waals surface area contributed by atoms with Gasteiger partial charge in [-0.05, 0) is 20.3 Å². The molecule has 0 bridgehead atoms. The van der Waals surface area contributed by atoms with Gasteiger partial charge in [0.25, 0.3) is 5.82 Å². The first-order chi connectivity index (χ1) is 11.1. The van der Waals surface area contributed by atoms with Gasteiger partial charge in [-0.2, -0.15) is 0 Å². The number of hydrogen-bond donors (Lipinski definition) is 2. The van der Waals surface area contributed by atoms with Gasteiger partial charge in [-0.3, -0.25) is 4.79 Å². The summed E-state index contributed by atoms with van der Waals surface area (Å²) in [5.74, 6) is -1.01. The molecule has 0 aliphatic heterocycles. The van der Waals surface area contributed by atoms with Crippen molar-refractivity contribution in [2.45, 2.75) is 52.9 Å². The van der Waals surface area contributed by atoms with Crippen LogP contribution in [0.4, 0.5) is 0 Å². The maximum Gasteiger partial charge on any atom is 0.303 e. The average molecular weight is 342 g/mol. The number of carbonyl (C=O) groups is 4. The zero-order valence-electron chi connectivity index (χ0n) is 14.6. The summed E-state index contributed by atoms with van der Waals surface area (Å²) in [5.41, 5.74) is 0. The second-order valence-corrected chi connectivity index (χ2v) is 5.04. The number of H-pyrrole nitrogens is 1. The van der Waals surface area contributed by atoms with Crippen LogP contribution in [0.1, 0.15) is 52.3 Å². The van der Waals surface area contributed by atoms with Crippen LogP contribution in [0.2, 0.25) is 0 Å². The second kappa shape index (κ2) is 14.1. The number of aryl methyl sites for hydroxylation is 2. The number of Topliss-reactive ketones (excluding diaryl/α,β-unsaturated/α-hetero) is 2. The lowest BCUT2D eigenvalue weighted by Gasteiger charge is -1.95. The van der Waals surface area contributed by atoms with E-state index < -0.39 is 11.9 Å². The van der Waals surface area contributed by atoms with E-state index in [0.29, 0.717) is 0 Å². The smallest absolute Gasteiger partial charge is 0.303 e. The number of carbonyl (C=O) groups excluding carboxylic acids is 3. The Balaban J connectivity index is 0. The largest absolute Gasteiger partial charge is 0.550 e. The Morgan fingerprint density at radius 1 is 1.08 bits per heavy atom. The molecule has 136 valence electrons. The summed E-state index contributed by atoms with van der Waals surface area (Å²) in [7, 11) is 2.04. The van der Waals surface area contributed by atoms with Gasteiger partial charge in [-0.25, -0.2) is 9.55 Å². The molecule has 0 unspecified atom stereocenters. The number of aromatic amines is 1. The van der Waals surface area contributed by atoms with Crippen LogP contribution in [0.5, 0.6) is 0 Å². The minimum Gasteiger partial charge on any atom is -0.550 e. The van der Waals surface area contributed by atoms with Crippen molar-refractivity contribution in [3.63, 3.8) is 0 Å². The van der Waals surface area contributed by atoms with E-state index in [0.717, 1.165) is 6.42 Å². The van der Waals surface area contributed by atoms with Gasteiger partial charge in [0, 0.05) is 25.2 Å². The molecule has 1 aromatic heterocycles. The molecule has 8 heteroatoms. The van der Waals surface area contributed by atoms with Crippen LogP contribution < -0.4 is 9.67 Å². The summed E-state index contributed by atoms with van der Waals surface area (Å²) in [6.07, 6.45) is 5.06. The third-order valence-electron chi connectivity index (χ3n) is 2.68. The number of imidazole rings is 1. The summed E-state index contributed by atoms with van der Waals surface area (Å²) < 4.78 is 2.08. The first kappa shape index (κ1) is 23.8. The highest BCUT2D eigenvalue weighted by Crippen LogP contribution is 1.88. The van der Waals surface area contributed by atoms with Crippen LogP contribution in [-0.4, -0.2) is 33.6 Å². The molecule has 0 aromatic carbocycles. The molecule has 0 saturated heterocycles. The number of aromatic nitrogens is 2. The van der Waals surface area contributed by atoms with E-state index in [1.54, 1.807) is 0 Å². The van der Waals surface area contributed by atoms with Crippen molar-refractivity contribution in [2.24, 2.45) is 7.05 Å². The SMILES string of the molecule is CC(=O)CCC(=O)O.CC(=O)CCC(=O)[O-].CCc1[nH]cc[n+]1C. The third kappa shape index (κ3) is 17.5. The number of rotatable bonds is 7. The molecule has 1 aromatic rings. The van der Waals surface area contributed by atoms with Gasteiger partial charge in [0.1, 0.15) is 24.0 Å². The lowest BCUT2D eigenvalue weighted by Crippen LogP contribution is -2.29. The Hall–Kier alpha value is -2.51. The molecule has 0 aliphatic rings. The van der Waals surface area contributed by atoms with E-state index in [2.05, 4.69) is 16.5 Å². The monoisotopic (exact) mass is 342 g/mol. The molecular formula is C16H26N2O6. The lowest BCUT2D eigenvalue weighted by molar-refractivity contribution is -0.677. The Labute approximate surface area is 141 Å². The summed E-state index contributed by atoms with van der Waals surface area (Å²) in [5, 5.41) is 17.7. The summed E-state index contributed by atoms with van der Waals surface area (Å²) in [6.45, 7) is 4.86. The number of carboxylic acid groups (broad SMARTS) is 2. The third-order valence-corrected chi connectivity index (χ3v) is 2.68. The number of aliphatic carboxylic acids is 2. The predicted molar refractivity (Wildman–Crippen MR) is 83.8 cm³/mol. The normalized spacial score (nSPS) is 9.00. The van der Waals surface area contributed by atoms with Crippen LogP contribution in [0.3, 0.4) is 0 Å². The van der Waals surface area contributed by atoms with Crippen LogP contribution in [0.15, 0.2) is 12.4 Å². The molecule has 24 heavy (non-hydrogen) atoms. The topological polar surface area (TPSA) is 131 Å². The van der Waals surface area contributed by atoms with Gasteiger partial charge in [0.2, 0.25) is 0 Å². The minimum atomic E-state index is -1.17. The van der Waals surface area contributed by atoms with Gasteiger partial charge in [-0.15, -0.1) is 0 Å². The fraction of sp³-hybridized carbons (Fsp3) is 0.562. The first-order valence-electron chi connectivity index (χ1n) is 7.52. The zero-order valence-corrected chi connectivity index (χ0v) is 14.6. The highest BCUT2D eigenvalue weighted by molar-refractivity contribution is 5.80. The first-order valence-corrected chi connectivity index (χ1v) is 7.52.